The van der Waals surface area contributed by atoms with Gasteiger partial charge >= 0.3 is 0 Å². The zero-order valence-corrected chi connectivity index (χ0v) is 12.8. The molecule has 3 rings (SSSR count). The second-order valence-electron chi connectivity index (χ2n) is 5.54. The Morgan fingerprint density at radius 1 is 1.14 bits per heavy atom. The highest BCUT2D eigenvalue weighted by molar-refractivity contribution is 5.47. The molecule has 0 radical (unpaired) electrons. The molecule has 2 N–H and O–H groups in total. The van der Waals surface area contributed by atoms with Crippen molar-refractivity contribution in [1.29, 1.82) is 0 Å². The van der Waals surface area contributed by atoms with Crippen molar-refractivity contribution in [2.45, 2.75) is 33.2 Å². The molecule has 0 spiro atoms. The van der Waals surface area contributed by atoms with Gasteiger partial charge in [0.25, 0.3) is 0 Å². The predicted octanol–water partition coefficient (Wildman–Crippen LogP) is 0.854. The van der Waals surface area contributed by atoms with Crippen LogP contribution in [0.25, 0.3) is 0 Å². The number of nitrogens with one attached hydrogen (secondary N) is 2. The van der Waals surface area contributed by atoms with Gasteiger partial charge in [-0.1, -0.05) is 0 Å². The van der Waals surface area contributed by atoms with E-state index in [9.17, 15) is 0 Å². The molecule has 2 aromatic heterocycles. The van der Waals surface area contributed by atoms with E-state index in [1.807, 2.05) is 13.8 Å². The van der Waals surface area contributed by atoms with Crippen molar-refractivity contribution in [2.24, 2.45) is 0 Å². The lowest BCUT2D eigenvalue weighted by atomic mass is 10.1. The van der Waals surface area contributed by atoms with Crippen LogP contribution in [0.2, 0.25) is 0 Å². The maximum atomic E-state index is 4.61. The van der Waals surface area contributed by atoms with Gasteiger partial charge in [-0.3, -0.25) is 5.10 Å². The van der Waals surface area contributed by atoms with Gasteiger partial charge in [0.05, 0.1) is 12.2 Å². The summed E-state index contributed by atoms with van der Waals surface area (Å²) in [6.07, 6.45) is 1.95. The number of hydrogen-bond donors (Lipinski definition) is 2. The van der Waals surface area contributed by atoms with E-state index in [4.69, 9.17) is 0 Å². The van der Waals surface area contributed by atoms with Gasteiger partial charge < -0.3 is 10.2 Å². The molecule has 7 heteroatoms. The molecule has 0 bridgehead atoms. The number of H-pyrrole nitrogens is 1. The third-order valence-corrected chi connectivity index (χ3v) is 3.74. The molecule has 0 amide bonds. The first-order chi connectivity index (χ1) is 10.1. The Balaban J connectivity index is 1.82. The minimum Gasteiger partial charge on any atom is -0.362 e. The first-order valence-electron chi connectivity index (χ1n) is 7.28. The van der Waals surface area contributed by atoms with Crippen LogP contribution in [0.5, 0.6) is 0 Å². The van der Waals surface area contributed by atoms with E-state index in [1.54, 1.807) is 0 Å². The molecule has 0 fully saturated rings. The van der Waals surface area contributed by atoms with E-state index < -0.39 is 0 Å². The zero-order valence-electron chi connectivity index (χ0n) is 12.8. The molecular weight excluding hydrogens is 266 g/mol. The van der Waals surface area contributed by atoms with Crippen LogP contribution < -0.4 is 5.32 Å². The van der Waals surface area contributed by atoms with E-state index in [0.29, 0.717) is 6.54 Å². The topological polar surface area (TPSA) is 82.6 Å². The molecule has 112 valence electrons. The van der Waals surface area contributed by atoms with Gasteiger partial charge in [0.2, 0.25) is 0 Å². The lowest BCUT2D eigenvalue weighted by Crippen LogP contribution is -2.20. The highest BCUT2D eigenvalue weighted by Crippen LogP contribution is 2.21. The van der Waals surface area contributed by atoms with E-state index in [-0.39, 0.29) is 0 Å². The standard InChI is InChI=1S/C14H21N7/c1-9-16-12-5-7-21(3)6-4-11(12)14(18-9)15-8-13-17-10(2)19-20-13/h4-8H2,1-3H3,(H,15,16,18)(H,17,19,20). The Morgan fingerprint density at radius 2 is 1.95 bits per heavy atom. The second kappa shape index (κ2) is 5.77. The van der Waals surface area contributed by atoms with E-state index in [0.717, 1.165) is 49.2 Å². The van der Waals surface area contributed by atoms with Gasteiger partial charge in [-0.15, -0.1) is 0 Å². The highest BCUT2D eigenvalue weighted by Gasteiger charge is 2.17. The van der Waals surface area contributed by atoms with Crippen LogP contribution in [0.4, 0.5) is 5.82 Å². The van der Waals surface area contributed by atoms with Gasteiger partial charge in [0, 0.05) is 25.1 Å². The molecule has 2 aromatic rings. The molecule has 1 aliphatic rings. The van der Waals surface area contributed by atoms with Gasteiger partial charge in [-0.25, -0.2) is 15.0 Å². The minimum atomic E-state index is 0.572. The zero-order chi connectivity index (χ0) is 14.8. The number of aromatic amines is 1. The molecule has 0 aromatic carbocycles. The summed E-state index contributed by atoms with van der Waals surface area (Å²) in [6.45, 7) is 6.49. The van der Waals surface area contributed by atoms with Crippen molar-refractivity contribution in [2.75, 3.05) is 25.5 Å². The van der Waals surface area contributed by atoms with Crippen LogP contribution in [0.3, 0.4) is 0 Å². The average molecular weight is 287 g/mol. The van der Waals surface area contributed by atoms with Gasteiger partial charge in [0.1, 0.15) is 17.5 Å². The summed E-state index contributed by atoms with van der Waals surface area (Å²) in [5, 5.41) is 10.4. The van der Waals surface area contributed by atoms with Crippen LogP contribution in [0, 0.1) is 13.8 Å². The molecule has 3 heterocycles. The van der Waals surface area contributed by atoms with Crippen LogP contribution >= 0.6 is 0 Å². The highest BCUT2D eigenvalue weighted by atomic mass is 15.2. The SMILES string of the molecule is Cc1nc2c(c(NCc3n[nH]c(C)n3)n1)CCN(C)CC2. The maximum Gasteiger partial charge on any atom is 0.169 e. The first kappa shape index (κ1) is 13.9. The Labute approximate surface area is 124 Å². The number of fused-ring (bicyclic) bond motifs is 1. The van der Waals surface area contributed by atoms with Crippen LogP contribution in [0.1, 0.15) is 28.7 Å². The van der Waals surface area contributed by atoms with Crippen LogP contribution in [-0.4, -0.2) is 50.2 Å². The van der Waals surface area contributed by atoms with Crippen molar-refractivity contribution in [1.82, 2.24) is 30.0 Å². The quantitative estimate of drug-likeness (QED) is 0.871. The Morgan fingerprint density at radius 3 is 2.71 bits per heavy atom. The van der Waals surface area contributed by atoms with Crippen molar-refractivity contribution in [3.8, 4) is 0 Å². The third-order valence-electron chi connectivity index (χ3n) is 3.74. The van der Waals surface area contributed by atoms with E-state index in [1.165, 1.54) is 11.3 Å². The Hall–Kier alpha value is -2.02. The third kappa shape index (κ3) is 3.18. The van der Waals surface area contributed by atoms with Crippen LogP contribution in [0.15, 0.2) is 0 Å². The Kier molecular flexibility index (Phi) is 3.83. The van der Waals surface area contributed by atoms with Gasteiger partial charge in [-0.05, 0) is 27.3 Å². The lowest BCUT2D eigenvalue weighted by molar-refractivity contribution is 0.352. The van der Waals surface area contributed by atoms with Crippen molar-refractivity contribution < 1.29 is 0 Å². The summed E-state index contributed by atoms with van der Waals surface area (Å²) in [4.78, 5) is 15.8. The van der Waals surface area contributed by atoms with Crippen molar-refractivity contribution in [3.05, 3.63) is 28.7 Å². The molecule has 7 nitrogen and oxygen atoms in total. The number of nitrogens with zero attached hydrogens (tertiary/aromatic N) is 5. The molecular formula is C14H21N7. The normalized spacial score (nSPS) is 15.6. The second-order valence-corrected chi connectivity index (χ2v) is 5.54. The number of hydrogen-bond acceptors (Lipinski definition) is 6. The average Bonchev–Trinajstić information content (AvgIpc) is 2.77. The maximum absolute atomic E-state index is 4.61. The summed E-state index contributed by atoms with van der Waals surface area (Å²) < 4.78 is 0. The summed E-state index contributed by atoms with van der Waals surface area (Å²) in [6, 6.07) is 0. The fraction of sp³-hybridized carbons (Fsp3) is 0.571. The number of likely N-dealkylation sites (N-methyl/N-ethyl adjacent to an activating group) is 1. The fourth-order valence-electron chi connectivity index (χ4n) is 2.61. The van der Waals surface area contributed by atoms with Crippen molar-refractivity contribution >= 4 is 5.82 Å². The lowest BCUT2D eigenvalue weighted by Gasteiger charge is -2.13. The molecule has 0 unspecified atom stereocenters. The minimum absolute atomic E-state index is 0.572. The monoisotopic (exact) mass is 287 g/mol. The largest absolute Gasteiger partial charge is 0.362 e. The molecule has 21 heavy (non-hydrogen) atoms. The molecule has 0 saturated carbocycles. The molecule has 0 atom stereocenters. The summed E-state index contributed by atoms with van der Waals surface area (Å²) in [5.41, 5.74) is 2.40. The fourth-order valence-corrected chi connectivity index (χ4v) is 2.61. The smallest absolute Gasteiger partial charge is 0.169 e. The molecule has 0 aliphatic carbocycles. The summed E-state index contributed by atoms with van der Waals surface area (Å²) in [7, 11) is 2.15. The Bertz CT molecular complexity index is 634. The van der Waals surface area contributed by atoms with Crippen LogP contribution in [-0.2, 0) is 19.4 Å². The van der Waals surface area contributed by atoms with Crippen molar-refractivity contribution in [3.63, 3.8) is 0 Å². The van der Waals surface area contributed by atoms with E-state index in [2.05, 4.69) is 42.4 Å². The number of aryl methyl sites for hydroxylation is 2. The van der Waals surface area contributed by atoms with E-state index >= 15 is 0 Å². The van der Waals surface area contributed by atoms with Gasteiger partial charge in [0.15, 0.2) is 5.82 Å². The molecule has 1 aliphatic heterocycles. The van der Waals surface area contributed by atoms with Gasteiger partial charge in [-0.2, -0.15) is 5.10 Å². The summed E-state index contributed by atoms with van der Waals surface area (Å²) in [5.74, 6) is 3.32. The number of rotatable bonds is 3. The summed E-state index contributed by atoms with van der Waals surface area (Å²) >= 11 is 0. The number of anilines is 1. The predicted molar refractivity (Wildman–Crippen MR) is 80.1 cm³/mol. The number of aromatic nitrogens is 5. The first-order valence-corrected chi connectivity index (χ1v) is 7.28. The molecule has 0 saturated heterocycles.